The Balaban J connectivity index is 2.26. The first kappa shape index (κ1) is 21.4. The van der Waals surface area contributed by atoms with Crippen LogP contribution in [0.3, 0.4) is 0 Å². The van der Waals surface area contributed by atoms with Crippen molar-refractivity contribution < 1.29 is 23.9 Å². The molecule has 0 radical (unpaired) electrons. The Labute approximate surface area is 164 Å². The van der Waals surface area contributed by atoms with Crippen molar-refractivity contribution in [2.45, 2.75) is 59.8 Å². The molecule has 0 aliphatic heterocycles. The van der Waals surface area contributed by atoms with Crippen LogP contribution in [0.5, 0.6) is 0 Å². The summed E-state index contributed by atoms with van der Waals surface area (Å²) in [5, 5.41) is 3.34. The second-order valence-corrected chi connectivity index (χ2v) is 8.96. The third-order valence-electron chi connectivity index (χ3n) is 5.01. The maximum Gasteiger partial charge on any atom is 0.341 e. The number of carbonyl (C=O) groups excluding carboxylic acids is 3. The Morgan fingerprint density at radius 2 is 1.93 bits per heavy atom. The van der Waals surface area contributed by atoms with E-state index >= 15 is 0 Å². The fourth-order valence-electron chi connectivity index (χ4n) is 3.34. The predicted molar refractivity (Wildman–Crippen MR) is 105 cm³/mol. The zero-order chi connectivity index (χ0) is 20.2. The maximum absolute atomic E-state index is 12.5. The molecule has 0 bridgehead atoms. The molecule has 0 aromatic carbocycles. The van der Waals surface area contributed by atoms with Crippen LogP contribution in [-0.4, -0.2) is 31.6 Å². The Morgan fingerprint density at radius 1 is 1.22 bits per heavy atom. The van der Waals surface area contributed by atoms with Crippen molar-refractivity contribution in [2.75, 3.05) is 19.0 Å². The molecule has 6 nitrogen and oxygen atoms in total. The molecule has 1 heterocycles. The van der Waals surface area contributed by atoms with Crippen molar-refractivity contribution in [3.63, 3.8) is 0 Å². The number of anilines is 1. The van der Waals surface area contributed by atoms with E-state index in [1.165, 1.54) is 18.4 Å². The lowest BCUT2D eigenvalue weighted by Gasteiger charge is -2.33. The van der Waals surface area contributed by atoms with Crippen molar-refractivity contribution in [1.29, 1.82) is 0 Å². The van der Waals surface area contributed by atoms with Gasteiger partial charge < -0.3 is 14.8 Å². The zero-order valence-corrected chi connectivity index (χ0v) is 17.6. The molecule has 1 aliphatic carbocycles. The van der Waals surface area contributed by atoms with E-state index < -0.39 is 11.9 Å². The van der Waals surface area contributed by atoms with Crippen LogP contribution in [0.4, 0.5) is 5.00 Å². The Hall–Kier alpha value is -1.89. The highest BCUT2D eigenvalue weighted by molar-refractivity contribution is 7.17. The standard InChI is InChI=1S/C20H29NO5S/c1-6-26-19(24)17-13-8-7-12(20(2,3)4)11-14(13)27-18(17)21-15(22)9-10-16(23)25-5/h12H,6-11H2,1-5H3,(H,21,22)/t12-/m1/s1. The number of methoxy groups -OCH3 is 1. The van der Waals surface area contributed by atoms with E-state index in [2.05, 4.69) is 30.8 Å². The summed E-state index contributed by atoms with van der Waals surface area (Å²) in [7, 11) is 1.29. The van der Waals surface area contributed by atoms with Gasteiger partial charge in [-0.15, -0.1) is 11.3 Å². The van der Waals surface area contributed by atoms with Gasteiger partial charge in [0.2, 0.25) is 5.91 Å². The first-order chi connectivity index (χ1) is 12.7. The molecule has 2 rings (SSSR count). The van der Waals surface area contributed by atoms with Crippen LogP contribution in [0.1, 0.15) is 67.8 Å². The summed E-state index contributed by atoms with van der Waals surface area (Å²) in [5.41, 5.74) is 1.67. The summed E-state index contributed by atoms with van der Waals surface area (Å²) < 4.78 is 9.79. The highest BCUT2D eigenvalue weighted by Gasteiger charge is 2.34. The lowest BCUT2D eigenvalue weighted by Crippen LogP contribution is -2.26. The SMILES string of the molecule is CCOC(=O)c1c(NC(=O)CCC(=O)OC)sc2c1CC[C@@H](C(C)(C)C)C2. The summed E-state index contributed by atoms with van der Waals surface area (Å²) >= 11 is 1.46. The summed E-state index contributed by atoms with van der Waals surface area (Å²) in [5.74, 6) is -0.611. The van der Waals surface area contributed by atoms with Crippen LogP contribution in [0, 0.1) is 11.3 Å². The molecule has 1 aliphatic rings. The Morgan fingerprint density at radius 3 is 2.52 bits per heavy atom. The number of carbonyl (C=O) groups is 3. The van der Waals surface area contributed by atoms with Crippen molar-refractivity contribution >= 4 is 34.2 Å². The van der Waals surface area contributed by atoms with Gasteiger partial charge in [0, 0.05) is 11.3 Å². The minimum Gasteiger partial charge on any atom is -0.469 e. The number of thiophene rings is 1. The predicted octanol–water partition coefficient (Wildman–Crippen LogP) is 3.97. The fraction of sp³-hybridized carbons (Fsp3) is 0.650. The molecule has 0 saturated heterocycles. The van der Waals surface area contributed by atoms with Crippen molar-refractivity contribution in [1.82, 2.24) is 0 Å². The van der Waals surface area contributed by atoms with Crippen molar-refractivity contribution in [3.8, 4) is 0 Å². The number of hydrogen-bond acceptors (Lipinski definition) is 6. The van der Waals surface area contributed by atoms with Crippen LogP contribution in [0.2, 0.25) is 0 Å². The summed E-state index contributed by atoms with van der Waals surface area (Å²) in [6.45, 7) is 8.75. The van der Waals surface area contributed by atoms with Gasteiger partial charge in [-0.1, -0.05) is 20.8 Å². The normalized spacial score (nSPS) is 16.4. The molecule has 27 heavy (non-hydrogen) atoms. The van der Waals surface area contributed by atoms with Crippen molar-refractivity contribution in [3.05, 3.63) is 16.0 Å². The van der Waals surface area contributed by atoms with Gasteiger partial charge in [0.25, 0.3) is 0 Å². The fourth-order valence-corrected chi connectivity index (χ4v) is 4.67. The van der Waals surface area contributed by atoms with Gasteiger partial charge in [0.15, 0.2) is 0 Å². The van der Waals surface area contributed by atoms with E-state index in [0.29, 0.717) is 16.5 Å². The molecule has 0 fully saturated rings. The van der Waals surface area contributed by atoms with Crippen LogP contribution in [0.25, 0.3) is 0 Å². The molecule has 0 unspecified atom stereocenters. The molecule has 7 heteroatoms. The smallest absolute Gasteiger partial charge is 0.341 e. The first-order valence-corrected chi connectivity index (χ1v) is 10.2. The van der Waals surface area contributed by atoms with Gasteiger partial charge in [-0.2, -0.15) is 0 Å². The van der Waals surface area contributed by atoms with E-state index in [4.69, 9.17) is 4.74 Å². The molecule has 1 amide bonds. The minimum absolute atomic E-state index is 0.00820. The summed E-state index contributed by atoms with van der Waals surface area (Å²) in [6.07, 6.45) is 2.74. The van der Waals surface area contributed by atoms with E-state index in [1.54, 1.807) is 6.92 Å². The van der Waals surface area contributed by atoms with Gasteiger partial charge in [-0.25, -0.2) is 4.79 Å². The summed E-state index contributed by atoms with van der Waals surface area (Å²) in [6, 6.07) is 0. The quantitative estimate of drug-likeness (QED) is 0.737. The lowest BCUT2D eigenvalue weighted by atomic mass is 9.72. The maximum atomic E-state index is 12.5. The van der Waals surface area contributed by atoms with E-state index in [9.17, 15) is 14.4 Å². The molecular weight excluding hydrogens is 366 g/mol. The molecular formula is C20H29NO5S. The number of nitrogens with one attached hydrogen (secondary N) is 1. The summed E-state index contributed by atoms with van der Waals surface area (Å²) in [4.78, 5) is 37.2. The second kappa shape index (κ2) is 8.87. The second-order valence-electron chi connectivity index (χ2n) is 7.86. The molecule has 1 N–H and O–H groups in total. The minimum atomic E-state index is -0.436. The highest BCUT2D eigenvalue weighted by Crippen LogP contribution is 2.44. The van der Waals surface area contributed by atoms with Gasteiger partial charge in [0.05, 0.1) is 25.7 Å². The molecule has 1 aromatic rings. The molecule has 0 saturated carbocycles. The van der Waals surface area contributed by atoms with E-state index in [1.807, 2.05) is 0 Å². The molecule has 1 atom stereocenters. The van der Waals surface area contributed by atoms with Crippen LogP contribution >= 0.6 is 11.3 Å². The Kier molecular flexibility index (Phi) is 7.03. The van der Waals surface area contributed by atoms with Gasteiger partial charge in [-0.3, -0.25) is 9.59 Å². The van der Waals surface area contributed by atoms with Gasteiger partial charge >= 0.3 is 11.9 Å². The van der Waals surface area contributed by atoms with Crippen LogP contribution in [0.15, 0.2) is 0 Å². The lowest BCUT2D eigenvalue weighted by molar-refractivity contribution is -0.141. The van der Waals surface area contributed by atoms with Crippen LogP contribution < -0.4 is 5.32 Å². The average Bonchev–Trinajstić information content (AvgIpc) is 2.95. The largest absolute Gasteiger partial charge is 0.469 e. The van der Waals surface area contributed by atoms with Gasteiger partial charge in [-0.05, 0) is 43.1 Å². The van der Waals surface area contributed by atoms with E-state index in [-0.39, 0.29) is 30.8 Å². The van der Waals surface area contributed by atoms with Crippen molar-refractivity contribution in [2.24, 2.45) is 11.3 Å². The van der Waals surface area contributed by atoms with Crippen LogP contribution in [-0.2, 0) is 31.9 Å². The topological polar surface area (TPSA) is 81.7 Å². The third kappa shape index (κ3) is 5.31. The third-order valence-corrected chi connectivity index (χ3v) is 6.18. The molecule has 150 valence electrons. The van der Waals surface area contributed by atoms with E-state index in [0.717, 1.165) is 29.7 Å². The Bertz CT molecular complexity index is 717. The molecule has 1 aromatic heterocycles. The number of esters is 2. The number of ether oxygens (including phenoxy) is 2. The number of rotatable bonds is 6. The first-order valence-electron chi connectivity index (χ1n) is 9.35. The van der Waals surface area contributed by atoms with Gasteiger partial charge in [0.1, 0.15) is 5.00 Å². The number of fused-ring (bicyclic) bond motifs is 1. The number of hydrogen-bond donors (Lipinski definition) is 1. The monoisotopic (exact) mass is 395 g/mol. The zero-order valence-electron chi connectivity index (χ0n) is 16.8. The molecule has 0 spiro atoms. The highest BCUT2D eigenvalue weighted by atomic mass is 32.1. The average molecular weight is 396 g/mol. The number of amides is 1.